The fraction of sp³-hybridized carbons (Fsp3) is 0.200. The molecule has 2 aliphatic heterocycles. The maximum absolute atomic E-state index is 15.1. The van der Waals surface area contributed by atoms with E-state index in [0.29, 0.717) is 17.0 Å². The summed E-state index contributed by atoms with van der Waals surface area (Å²) in [5.41, 5.74) is 1.27. The molecule has 0 saturated heterocycles. The summed E-state index contributed by atoms with van der Waals surface area (Å²) >= 11 is 0. The van der Waals surface area contributed by atoms with Crippen LogP contribution in [0.3, 0.4) is 0 Å². The molecule has 5 rings (SSSR count). The normalized spacial score (nSPS) is 15.7. The van der Waals surface area contributed by atoms with Gasteiger partial charge in [0.25, 0.3) is 21.8 Å². The molecule has 3 aromatic carbocycles. The maximum Gasteiger partial charge on any atom is 0.268 e. The molecule has 0 radical (unpaired) electrons. The Bertz CT molecular complexity index is 1400. The van der Waals surface area contributed by atoms with Gasteiger partial charge in [-0.3, -0.25) is 13.9 Å². The van der Waals surface area contributed by atoms with Crippen molar-refractivity contribution in [3.63, 3.8) is 0 Å². The first-order valence-electron chi connectivity index (χ1n) is 10.8. The molecular formula is C25H21FN2O5S. The molecule has 174 valence electrons. The molecule has 7 nitrogen and oxygen atoms in total. The van der Waals surface area contributed by atoms with E-state index in [2.05, 4.69) is 0 Å². The Hall–Kier alpha value is -3.72. The fourth-order valence-corrected chi connectivity index (χ4v) is 6.19. The Balaban J connectivity index is 1.66. The second-order valence-corrected chi connectivity index (χ2v) is 9.94. The molecule has 2 heterocycles. The highest BCUT2D eigenvalue weighted by Crippen LogP contribution is 2.39. The number of halogens is 1. The second kappa shape index (κ2) is 8.25. The van der Waals surface area contributed by atoms with Gasteiger partial charge >= 0.3 is 0 Å². The van der Waals surface area contributed by atoms with Crippen LogP contribution < -0.4 is 13.9 Å². The first kappa shape index (κ1) is 22.1. The van der Waals surface area contributed by atoms with Gasteiger partial charge in [-0.1, -0.05) is 30.3 Å². The molecule has 2 amide bonds. The molecule has 0 saturated carbocycles. The third-order valence-corrected chi connectivity index (χ3v) is 7.99. The van der Waals surface area contributed by atoms with Gasteiger partial charge in [-0.15, -0.1) is 0 Å². The van der Waals surface area contributed by atoms with Crippen molar-refractivity contribution in [1.29, 1.82) is 0 Å². The number of imide groups is 1. The highest BCUT2D eigenvalue weighted by atomic mass is 32.2. The van der Waals surface area contributed by atoms with Gasteiger partial charge in [0.2, 0.25) is 0 Å². The molecular weight excluding hydrogens is 459 g/mol. The number of sulfonamides is 1. The number of benzene rings is 3. The number of hydrogen-bond acceptors (Lipinski definition) is 5. The van der Waals surface area contributed by atoms with Crippen LogP contribution in [0.2, 0.25) is 0 Å². The molecule has 0 aliphatic carbocycles. The standard InChI is InChI=1S/C25H21FN2O5S/c1-33-22-14-19(26)21(28-24(29)17-10-3-4-11-18(17)25(28)30)15-23(22)34(31,32)27-13-7-6-9-16-8-2-5-12-20(16)27/h2-5,8,10-12,14-15H,6-7,9,13H2,1H3. The summed E-state index contributed by atoms with van der Waals surface area (Å²) in [4.78, 5) is 26.2. The van der Waals surface area contributed by atoms with Crippen LogP contribution >= 0.6 is 0 Å². The summed E-state index contributed by atoms with van der Waals surface area (Å²) in [5.74, 6) is -2.58. The minimum atomic E-state index is -4.22. The van der Waals surface area contributed by atoms with E-state index in [1.54, 1.807) is 24.3 Å². The monoisotopic (exact) mass is 480 g/mol. The number of amides is 2. The average molecular weight is 481 g/mol. The lowest BCUT2D eigenvalue weighted by atomic mass is 10.1. The quantitative estimate of drug-likeness (QED) is 0.524. The lowest BCUT2D eigenvalue weighted by Crippen LogP contribution is -2.33. The number of anilines is 2. The van der Waals surface area contributed by atoms with Crippen LogP contribution in [0.25, 0.3) is 0 Å². The Morgan fingerprint density at radius 1 is 0.882 bits per heavy atom. The minimum absolute atomic E-state index is 0.133. The molecule has 0 bridgehead atoms. The largest absolute Gasteiger partial charge is 0.495 e. The lowest BCUT2D eigenvalue weighted by Gasteiger charge is -2.26. The zero-order valence-corrected chi connectivity index (χ0v) is 19.1. The van der Waals surface area contributed by atoms with E-state index in [1.165, 1.54) is 23.5 Å². The zero-order valence-electron chi connectivity index (χ0n) is 18.3. The number of para-hydroxylation sites is 1. The number of methoxy groups -OCH3 is 1. The summed E-state index contributed by atoms with van der Waals surface area (Å²) in [6, 6.07) is 15.3. The summed E-state index contributed by atoms with van der Waals surface area (Å²) in [5, 5.41) is 0. The van der Waals surface area contributed by atoms with Gasteiger partial charge in [0.05, 0.1) is 29.6 Å². The molecule has 0 spiro atoms. The first-order chi connectivity index (χ1) is 16.3. The fourth-order valence-electron chi connectivity index (χ4n) is 4.49. The molecule has 0 atom stereocenters. The number of fused-ring (bicyclic) bond motifs is 2. The Morgan fingerprint density at radius 3 is 2.21 bits per heavy atom. The van der Waals surface area contributed by atoms with Gasteiger partial charge in [0.1, 0.15) is 10.6 Å². The molecule has 2 aliphatic rings. The molecule has 34 heavy (non-hydrogen) atoms. The van der Waals surface area contributed by atoms with Crippen molar-refractivity contribution in [2.24, 2.45) is 0 Å². The van der Waals surface area contributed by atoms with E-state index in [9.17, 15) is 18.0 Å². The van der Waals surface area contributed by atoms with E-state index in [-0.39, 0.29) is 28.3 Å². The van der Waals surface area contributed by atoms with Crippen LogP contribution in [0.15, 0.2) is 65.6 Å². The van der Waals surface area contributed by atoms with E-state index in [4.69, 9.17) is 4.74 Å². The lowest BCUT2D eigenvalue weighted by molar-refractivity contribution is 0.0924. The van der Waals surface area contributed by atoms with Gasteiger partial charge < -0.3 is 4.74 Å². The first-order valence-corrected chi connectivity index (χ1v) is 12.2. The maximum atomic E-state index is 15.1. The molecule has 9 heteroatoms. The Kier molecular flexibility index (Phi) is 5.36. The van der Waals surface area contributed by atoms with E-state index < -0.39 is 33.3 Å². The SMILES string of the molecule is COc1cc(F)c(N2C(=O)c3ccccc3C2=O)cc1S(=O)(=O)N1CCCCc2ccccc21. The van der Waals surface area contributed by atoms with E-state index >= 15 is 4.39 Å². The predicted molar refractivity (Wildman–Crippen MR) is 124 cm³/mol. The van der Waals surface area contributed by atoms with Crippen LogP contribution in [-0.2, 0) is 16.4 Å². The molecule has 0 fully saturated rings. The highest BCUT2D eigenvalue weighted by Gasteiger charge is 2.40. The van der Waals surface area contributed by atoms with Gasteiger partial charge in [0.15, 0.2) is 5.82 Å². The smallest absolute Gasteiger partial charge is 0.268 e. The zero-order chi connectivity index (χ0) is 24.0. The van der Waals surface area contributed by atoms with Crippen LogP contribution in [-0.4, -0.2) is 33.9 Å². The molecule has 0 unspecified atom stereocenters. The van der Waals surface area contributed by atoms with E-state index in [1.807, 2.05) is 12.1 Å². The minimum Gasteiger partial charge on any atom is -0.495 e. The summed E-state index contributed by atoms with van der Waals surface area (Å²) in [7, 11) is -2.98. The summed E-state index contributed by atoms with van der Waals surface area (Å²) in [6.07, 6.45) is 2.20. The number of hydrogen-bond donors (Lipinski definition) is 0. The average Bonchev–Trinajstić information content (AvgIpc) is 2.98. The number of carbonyl (C=O) groups excluding carboxylic acids is 2. The topological polar surface area (TPSA) is 84.0 Å². The van der Waals surface area contributed by atoms with Crippen LogP contribution in [0.1, 0.15) is 39.1 Å². The third kappa shape index (κ3) is 3.35. The number of rotatable bonds is 4. The predicted octanol–water partition coefficient (Wildman–Crippen LogP) is 4.17. The van der Waals surface area contributed by atoms with Gasteiger partial charge in [-0.2, -0.15) is 0 Å². The number of nitrogens with zero attached hydrogens (tertiary/aromatic N) is 2. The molecule has 0 N–H and O–H groups in total. The Labute approximate surface area is 196 Å². The van der Waals surface area contributed by atoms with Crippen molar-refractivity contribution in [2.75, 3.05) is 22.9 Å². The summed E-state index contributed by atoms with van der Waals surface area (Å²) < 4.78 is 49.4. The third-order valence-electron chi connectivity index (χ3n) is 6.15. The molecule has 0 aromatic heterocycles. The van der Waals surface area contributed by atoms with Crippen molar-refractivity contribution in [3.05, 3.63) is 83.2 Å². The summed E-state index contributed by atoms with van der Waals surface area (Å²) in [6.45, 7) is 0.238. The van der Waals surface area contributed by atoms with Crippen LogP contribution in [0, 0.1) is 5.82 Å². The van der Waals surface area contributed by atoms with Crippen LogP contribution in [0.5, 0.6) is 5.75 Å². The Morgan fingerprint density at radius 2 is 1.53 bits per heavy atom. The van der Waals surface area contributed by atoms with Gasteiger partial charge in [-0.25, -0.2) is 17.7 Å². The second-order valence-electron chi connectivity index (χ2n) is 8.11. The molecule has 3 aromatic rings. The van der Waals surface area contributed by atoms with Crippen molar-refractivity contribution in [1.82, 2.24) is 0 Å². The number of carbonyl (C=O) groups is 2. The number of ether oxygens (including phenoxy) is 1. The van der Waals surface area contributed by atoms with Crippen molar-refractivity contribution >= 4 is 33.2 Å². The highest BCUT2D eigenvalue weighted by molar-refractivity contribution is 7.93. The van der Waals surface area contributed by atoms with Crippen molar-refractivity contribution in [3.8, 4) is 5.75 Å². The van der Waals surface area contributed by atoms with E-state index in [0.717, 1.165) is 30.5 Å². The van der Waals surface area contributed by atoms with Crippen molar-refractivity contribution in [2.45, 2.75) is 24.2 Å². The number of aryl methyl sites for hydroxylation is 1. The van der Waals surface area contributed by atoms with Crippen LogP contribution in [0.4, 0.5) is 15.8 Å². The van der Waals surface area contributed by atoms with Gasteiger partial charge in [0, 0.05) is 12.6 Å². The van der Waals surface area contributed by atoms with Crippen molar-refractivity contribution < 1.29 is 27.1 Å². The van der Waals surface area contributed by atoms with Gasteiger partial charge in [-0.05, 0) is 49.1 Å².